The molecule has 0 unspecified atom stereocenters. The Morgan fingerprint density at radius 2 is 2.08 bits per heavy atom. The van der Waals surface area contributed by atoms with Gasteiger partial charge in [0.25, 0.3) is 0 Å². The minimum Gasteiger partial charge on any atom is -0.378 e. The third-order valence-corrected chi connectivity index (χ3v) is 4.69. The van der Waals surface area contributed by atoms with Gasteiger partial charge in [-0.1, -0.05) is 12.1 Å². The van der Waals surface area contributed by atoms with E-state index in [-0.39, 0.29) is 23.7 Å². The van der Waals surface area contributed by atoms with Crippen LogP contribution in [0.2, 0.25) is 0 Å². The van der Waals surface area contributed by atoms with E-state index in [4.69, 9.17) is 4.74 Å². The first kappa shape index (κ1) is 17.1. The molecule has 1 aliphatic carbocycles. The fourth-order valence-corrected chi connectivity index (χ4v) is 3.68. The largest absolute Gasteiger partial charge is 0.393 e. The predicted molar refractivity (Wildman–Crippen MR) is 83.8 cm³/mol. The van der Waals surface area contributed by atoms with E-state index in [1.54, 1.807) is 6.07 Å². The normalized spacial score (nSPS) is 26.7. The van der Waals surface area contributed by atoms with Crippen LogP contribution in [0.5, 0.6) is 0 Å². The number of urea groups is 1. The SMILES string of the molecule is O=C(Nc1cccc(CC(F)(F)F)c1)N[C@@H]1CCC[C@H]2OCC[C@H]12. The number of amides is 2. The number of ether oxygens (including phenoxy) is 1. The number of hydrogen-bond donors (Lipinski definition) is 2. The molecule has 0 aromatic heterocycles. The summed E-state index contributed by atoms with van der Waals surface area (Å²) in [6, 6.07) is 5.54. The lowest BCUT2D eigenvalue weighted by Gasteiger charge is -2.33. The van der Waals surface area contributed by atoms with Crippen LogP contribution < -0.4 is 10.6 Å². The van der Waals surface area contributed by atoms with Crippen LogP contribution in [-0.4, -0.2) is 31.0 Å². The standard InChI is InChI=1S/C17H21F3N2O2/c18-17(19,20)10-11-3-1-4-12(9-11)21-16(23)22-14-5-2-6-15-13(14)7-8-24-15/h1,3-4,9,13-15H,2,5-8,10H2,(H2,21,22,23)/t13-,14-,15-/m1/s1. The maximum Gasteiger partial charge on any atom is 0.393 e. The van der Waals surface area contributed by atoms with Crippen molar-refractivity contribution in [1.29, 1.82) is 0 Å². The molecular formula is C17H21F3N2O2. The third-order valence-electron chi connectivity index (χ3n) is 4.69. The summed E-state index contributed by atoms with van der Waals surface area (Å²) in [5, 5.41) is 5.59. The molecule has 1 heterocycles. The van der Waals surface area contributed by atoms with Crippen LogP contribution in [0.15, 0.2) is 24.3 Å². The van der Waals surface area contributed by atoms with E-state index in [1.807, 2.05) is 0 Å². The Labute approximate surface area is 138 Å². The third kappa shape index (κ3) is 4.41. The van der Waals surface area contributed by atoms with Crippen LogP contribution in [0.3, 0.4) is 0 Å². The fourth-order valence-electron chi connectivity index (χ4n) is 3.68. The average Bonchev–Trinajstić information content (AvgIpc) is 2.95. The molecule has 4 nitrogen and oxygen atoms in total. The van der Waals surface area contributed by atoms with Gasteiger partial charge in [0.1, 0.15) is 0 Å². The Morgan fingerprint density at radius 3 is 2.88 bits per heavy atom. The Morgan fingerprint density at radius 1 is 1.25 bits per heavy atom. The van der Waals surface area contributed by atoms with Gasteiger partial charge in [-0.05, 0) is 43.4 Å². The highest BCUT2D eigenvalue weighted by Gasteiger charge is 2.38. The average molecular weight is 342 g/mol. The van der Waals surface area contributed by atoms with E-state index in [9.17, 15) is 18.0 Å². The number of fused-ring (bicyclic) bond motifs is 1. The summed E-state index contributed by atoms with van der Waals surface area (Å²) in [5.41, 5.74) is 0.492. The van der Waals surface area contributed by atoms with Crippen molar-refractivity contribution in [3.63, 3.8) is 0 Å². The summed E-state index contributed by atoms with van der Waals surface area (Å²) in [7, 11) is 0. The van der Waals surface area contributed by atoms with Gasteiger partial charge >= 0.3 is 12.2 Å². The highest BCUT2D eigenvalue weighted by atomic mass is 19.4. The van der Waals surface area contributed by atoms with Crippen molar-refractivity contribution in [2.75, 3.05) is 11.9 Å². The summed E-state index contributed by atoms with van der Waals surface area (Å²) < 4.78 is 43.0. The second-order valence-corrected chi connectivity index (χ2v) is 6.49. The van der Waals surface area contributed by atoms with E-state index < -0.39 is 12.6 Å². The quantitative estimate of drug-likeness (QED) is 0.876. The maximum atomic E-state index is 12.5. The Balaban J connectivity index is 1.57. The van der Waals surface area contributed by atoms with Crippen molar-refractivity contribution >= 4 is 11.7 Å². The Hall–Kier alpha value is -1.76. The number of rotatable bonds is 3. The molecule has 2 amide bonds. The molecule has 2 aliphatic rings. The van der Waals surface area contributed by atoms with Gasteiger partial charge in [0, 0.05) is 24.3 Å². The van der Waals surface area contributed by atoms with E-state index in [0.717, 1.165) is 32.3 Å². The van der Waals surface area contributed by atoms with Crippen molar-refractivity contribution in [1.82, 2.24) is 5.32 Å². The van der Waals surface area contributed by atoms with Gasteiger partial charge in [0.15, 0.2) is 0 Å². The smallest absolute Gasteiger partial charge is 0.378 e. The van der Waals surface area contributed by atoms with E-state index >= 15 is 0 Å². The van der Waals surface area contributed by atoms with E-state index in [2.05, 4.69) is 10.6 Å². The molecule has 1 aliphatic heterocycles. The molecule has 1 saturated heterocycles. The number of alkyl halides is 3. The number of hydrogen-bond acceptors (Lipinski definition) is 2. The highest BCUT2D eigenvalue weighted by Crippen LogP contribution is 2.34. The Kier molecular flexibility index (Phi) is 4.99. The molecule has 2 N–H and O–H groups in total. The molecule has 132 valence electrons. The van der Waals surface area contributed by atoms with Crippen molar-refractivity contribution in [3.05, 3.63) is 29.8 Å². The summed E-state index contributed by atoms with van der Waals surface area (Å²) in [4.78, 5) is 12.2. The molecule has 3 atom stereocenters. The highest BCUT2D eigenvalue weighted by molar-refractivity contribution is 5.89. The van der Waals surface area contributed by atoms with Gasteiger partial charge in [-0.2, -0.15) is 13.2 Å². The first-order valence-corrected chi connectivity index (χ1v) is 8.25. The van der Waals surface area contributed by atoms with Crippen molar-refractivity contribution < 1.29 is 22.7 Å². The minimum atomic E-state index is -4.26. The number of halogens is 3. The van der Waals surface area contributed by atoms with Crippen LogP contribution in [0.4, 0.5) is 23.7 Å². The zero-order valence-corrected chi connectivity index (χ0v) is 13.2. The van der Waals surface area contributed by atoms with Crippen molar-refractivity contribution in [3.8, 4) is 0 Å². The molecule has 1 aromatic rings. The van der Waals surface area contributed by atoms with E-state index in [0.29, 0.717) is 11.6 Å². The second-order valence-electron chi connectivity index (χ2n) is 6.49. The number of carbonyl (C=O) groups is 1. The molecule has 24 heavy (non-hydrogen) atoms. The predicted octanol–water partition coefficient (Wildman–Crippen LogP) is 3.87. The minimum absolute atomic E-state index is 0.0598. The summed E-state index contributed by atoms with van der Waals surface area (Å²) in [6.45, 7) is 0.731. The molecule has 0 spiro atoms. The topological polar surface area (TPSA) is 50.4 Å². The number of anilines is 1. The van der Waals surface area contributed by atoms with Gasteiger partial charge in [-0.3, -0.25) is 0 Å². The number of nitrogens with one attached hydrogen (secondary N) is 2. The summed E-state index contributed by atoms with van der Waals surface area (Å²) in [6.07, 6.45) is -1.16. The van der Waals surface area contributed by atoms with E-state index in [1.165, 1.54) is 18.2 Å². The number of benzene rings is 1. The fraction of sp³-hybridized carbons (Fsp3) is 0.588. The molecular weight excluding hydrogens is 321 g/mol. The molecule has 2 fully saturated rings. The molecule has 1 saturated carbocycles. The lowest BCUT2D eigenvalue weighted by molar-refractivity contribution is -0.127. The molecule has 7 heteroatoms. The summed E-state index contributed by atoms with van der Waals surface area (Å²) >= 11 is 0. The van der Waals surface area contributed by atoms with Crippen LogP contribution >= 0.6 is 0 Å². The zero-order valence-electron chi connectivity index (χ0n) is 13.2. The van der Waals surface area contributed by atoms with Gasteiger partial charge in [-0.25, -0.2) is 4.79 Å². The van der Waals surface area contributed by atoms with Crippen LogP contribution in [-0.2, 0) is 11.2 Å². The lowest BCUT2D eigenvalue weighted by atomic mass is 9.82. The van der Waals surface area contributed by atoms with Gasteiger partial charge < -0.3 is 15.4 Å². The van der Waals surface area contributed by atoms with Crippen LogP contribution in [0, 0.1) is 5.92 Å². The first-order chi connectivity index (χ1) is 11.4. The Bertz CT molecular complexity index is 591. The van der Waals surface area contributed by atoms with Crippen molar-refractivity contribution in [2.45, 2.75) is 50.4 Å². The van der Waals surface area contributed by atoms with Crippen LogP contribution in [0.1, 0.15) is 31.2 Å². The monoisotopic (exact) mass is 342 g/mol. The first-order valence-electron chi connectivity index (χ1n) is 8.25. The van der Waals surface area contributed by atoms with Gasteiger partial charge in [-0.15, -0.1) is 0 Å². The van der Waals surface area contributed by atoms with Crippen molar-refractivity contribution in [2.24, 2.45) is 5.92 Å². The molecule has 3 rings (SSSR count). The summed E-state index contributed by atoms with van der Waals surface area (Å²) in [5.74, 6) is 0.334. The van der Waals surface area contributed by atoms with Gasteiger partial charge in [0.05, 0.1) is 12.5 Å². The zero-order chi connectivity index (χ0) is 17.2. The maximum absolute atomic E-state index is 12.5. The molecule has 1 aromatic carbocycles. The lowest BCUT2D eigenvalue weighted by Crippen LogP contribution is -2.47. The second kappa shape index (κ2) is 7.01. The van der Waals surface area contributed by atoms with Crippen LogP contribution in [0.25, 0.3) is 0 Å². The molecule has 0 radical (unpaired) electrons. The molecule has 0 bridgehead atoms. The van der Waals surface area contributed by atoms with Gasteiger partial charge in [0.2, 0.25) is 0 Å². The number of carbonyl (C=O) groups excluding carboxylic acids is 1.